The number of nitrogens with zero attached hydrogens (tertiary/aromatic N) is 3. The summed E-state index contributed by atoms with van der Waals surface area (Å²) in [4.78, 5) is 22.8. The summed E-state index contributed by atoms with van der Waals surface area (Å²) in [7, 11) is 0. The number of likely N-dealkylation sites (tertiary alicyclic amines) is 1. The van der Waals surface area contributed by atoms with E-state index < -0.39 is 0 Å². The van der Waals surface area contributed by atoms with Crippen LogP contribution in [0.1, 0.15) is 32.3 Å². The average molecular weight is 333 g/mol. The first-order chi connectivity index (χ1) is 11.7. The molecule has 2 heterocycles. The minimum atomic E-state index is 0.120. The lowest BCUT2D eigenvalue weighted by atomic mass is 10.3. The van der Waals surface area contributed by atoms with Gasteiger partial charge in [0.25, 0.3) is 0 Å². The molecule has 0 radical (unpaired) electrons. The summed E-state index contributed by atoms with van der Waals surface area (Å²) in [5.74, 6) is 1.35. The van der Waals surface area contributed by atoms with Crippen molar-refractivity contribution in [1.82, 2.24) is 20.5 Å². The van der Waals surface area contributed by atoms with Crippen molar-refractivity contribution in [1.29, 1.82) is 0 Å². The Balaban J connectivity index is 1.93. The zero-order chi connectivity index (χ0) is 17.2. The van der Waals surface area contributed by atoms with E-state index in [0.717, 1.165) is 38.0 Å². The minimum absolute atomic E-state index is 0.120. The molecule has 2 N–H and O–H groups in total. The Bertz CT molecular complexity index is 556. The van der Waals surface area contributed by atoms with Gasteiger partial charge in [0.15, 0.2) is 5.96 Å². The number of nitrogens with one attached hydrogen (secondary N) is 2. The second-order valence-corrected chi connectivity index (χ2v) is 5.54. The molecule has 0 spiro atoms. The molecule has 7 nitrogen and oxygen atoms in total. The highest BCUT2D eigenvalue weighted by molar-refractivity contribution is 5.86. The molecule has 1 fully saturated rings. The number of hydrogen-bond acceptors (Lipinski definition) is 4. The molecule has 24 heavy (non-hydrogen) atoms. The average Bonchev–Trinajstić information content (AvgIpc) is 3.13. The molecule has 1 amide bonds. The maximum Gasteiger partial charge on any atom is 0.241 e. The topological polar surface area (TPSA) is 78.9 Å². The molecule has 1 aliphatic rings. The van der Waals surface area contributed by atoms with E-state index in [-0.39, 0.29) is 12.5 Å². The maximum atomic E-state index is 12.1. The van der Waals surface area contributed by atoms with Crippen molar-refractivity contribution in [2.75, 3.05) is 32.8 Å². The van der Waals surface area contributed by atoms with Crippen LogP contribution in [0.4, 0.5) is 0 Å². The van der Waals surface area contributed by atoms with Gasteiger partial charge in [0, 0.05) is 31.4 Å². The van der Waals surface area contributed by atoms with Crippen molar-refractivity contribution in [2.45, 2.75) is 33.2 Å². The highest BCUT2D eigenvalue weighted by Crippen LogP contribution is 2.15. The summed E-state index contributed by atoms with van der Waals surface area (Å²) in [6, 6.07) is 3.81. The van der Waals surface area contributed by atoms with E-state index in [9.17, 15) is 4.79 Å². The van der Waals surface area contributed by atoms with Crippen molar-refractivity contribution in [3.05, 3.63) is 23.9 Å². The number of carbonyl (C=O) groups is 1. The molecule has 0 saturated carbocycles. The monoisotopic (exact) mass is 333 g/mol. The van der Waals surface area contributed by atoms with Crippen LogP contribution in [-0.4, -0.2) is 54.5 Å². The second-order valence-electron chi connectivity index (χ2n) is 5.54. The number of pyridine rings is 1. The molecule has 132 valence electrons. The fraction of sp³-hybridized carbons (Fsp3) is 0.588. The predicted molar refractivity (Wildman–Crippen MR) is 94.0 cm³/mol. The first-order valence-electron chi connectivity index (χ1n) is 8.61. The molecule has 1 aliphatic heterocycles. The van der Waals surface area contributed by atoms with Gasteiger partial charge in [-0.1, -0.05) is 6.07 Å². The summed E-state index contributed by atoms with van der Waals surface area (Å²) in [5, 5.41) is 6.26. The SMILES string of the molecule is CCNC(=NCc1cccnc1OCC)NCC(=O)N1CCCC1. The highest BCUT2D eigenvalue weighted by atomic mass is 16.5. The van der Waals surface area contributed by atoms with Gasteiger partial charge >= 0.3 is 0 Å². The lowest BCUT2D eigenvalue weighted by Crippen LogP contribution is -2.44. The molecule has 0 unspecified atom stereocenters. The number of hydrogen-bond donors (Lipinski definition) is 2. The van der Waals surface area contributed by atoms with Crippen molar-refractivity contribution in [3.63, 3.8) is 0 Å². The van der Waals surface area contributed by atoms with Gasteiger partial charge in [-0.15, -0.1) is 0 Å². The second kappa shape index (κ2) is 9.75. The standard InChI is InChI=1S/C17H27N5O2/c1-3-18-17(21-13-15(23)22-10-5-6-11-22)20-12-14-8-7-9-19-16(14)24-4-2/h7-9H,3-6,10-13H2,1-2H3,(H2,18,20,21). The van der Waals surface area contributed by atoms with Crippen LogP contribution >= 0.6 is 0 Å². The van der Waals surface area contributed by atoms with Gasteiger partial charge in [0.05, 0.1) is 19.7 Å². The molecular weight excluding hydrogens is 306 g/mol. The van der Waals surface area contributed by atoms with Gasteiger partial charge in [-0.3, -0.25) is 4.79 Å². The predicted octanol–water partition coefficient (Wildman–Crippen LogP) is 1.16. The van der Waals surface area contributed by atoms with Crippen LogP contribution in [0.3, 0.4) is 0 Å². The Morgan fingerprint density at radius 1 is 1.33 bits per heavy atom. The highest BCUT2D eigenvalue weighted by Gasteiger charge is 2.17. The fourth-order valence-corrected chi connectivity index (χ4v) is 2.55. The van der Waals surface area contributed by atoms with E-state index in [1.165, 1.54) is 0 Å². The van der Waals surface area contributed by atoms with Crippen LogP contribution < -0.4 is 15.4 Å². The molecule has 0 atom stereocenters. The molecule has 1 aromatic rings. The van der Waals surface area contributed by atoms with Crippen LogP contribution in [0.15, 0.2) is 23.3 Å². The van der Waals surface area contributed by atoms with Crippen LogP contribution in [0, 0.1) is 0 Å². The van der Waals surface area contributed by atoms with Crippen molar-refractivity contribution in [3.8, 4) is 5.88 Å². The van der Waals surface area contributed by atoms with Gasteiger partial charge in [-0.25, -0.2) is 9.98 Å². The minimum Gasteiger partial charge on any atom is -0.478 e. The van der Waals surface area contributed by atoms with E-state index in [0.29, 0.717) is 25.0 Å². The third kappa shape index (κ3) is 5.40. The summed E-state index contributed by atoms with van der Waals surface area (Å²) >= 11 is 0. The summed E-state index contributed by atoms with van der Waals surface area (Å²) in [6.45, 7) is 7.65. The first-order valence-corrected chi connectivity index (χ1v) is 8.61. The van der Waals surface area contributed by atoms with E-state index in [1.54, 1.807) is 6.20 Å². The number of carbonyl (C=O) groups excluding carboxylic acids is 1. The van der Waals surface area contributed by atoms with Crippen molar-refractivity contribution in [2.24, 2.45) is 4.99 Å². The number of guanidine groups is 1. The Kier molecular flexibility index (Phi) is 7.32. The summed E-state index contributed by atoms with van der Waals surface area (Å²) in [5.41, 5.74) is 0.919. The molecule has 2 rings (SSSR count). The molecule has 0 bridgehead atoms. The summed E-state index contributed by atoms with van der Waals surface area (Å²) < 4.78 is 5.51. The largest absolute Gasteiger partial charge is 0.478 e. The zero-order valence-electron chi connectivity index (χ0n) is 14.5. The Morgan fingerprint density at radius 3 is 2.83 bits per heavy atom. The lowest BCUT2D eigenvalue weighted by molar-refractivity contribution is -0.128. The molecule has 7 heteroatoms. The Morgan fingerprint density at radius 2 is 2.12 bits per heavy atom. The first kappa shape index (κ1) is 18.0. The Labute approximate surface area is 143 Å². The van der Waals surface area contributed by atoms with E-state index in [4.69, 9.17) is 4.74 Å². The van der Waals surface area contributed by atoms with E-state index in [1.807, 2.05) is 30.9 Å². The van der Waals surface area contributed by atoms with Crippen LogP contribution in [0.25, 0.3) is 0 Å². The number of ether oxygens (including phenoxy) is 1. The third-order valence-corrected chi connectivity index (χ3v) is 3.75. The number of aromatic nitrogens is 1. The molecule has 1 aromatic heterocycles. The van der Waals surface area contributed by atoms with Gasteiger partial charge in [0.2, 0.25) is 11.8 Å². The normalized spacial score (nSPS) is 14.6. The van der Waals surface area contributed by atoms with Gasteiger partial charge < -0.3 is 20.3 Å². The fourth-order valence-electron chi connectivity index (χ4n) is 2.55. The van der Waals surface area contributed by atoms with Gasteiger partial charge in [-0.2, -0.15) is 0 Å². The van der Waals surface area contributed by atoms with Gasteiger partial charge in [0.1, 0.15) is 0 Å². The molecule has 0 aromatic carbocycles. The lowest BCUT2D eigenvalue weighted by Gasteiger charge is -2.17. The van der Waals surface area contributed by atoms with Crippen LogP contribution in [-0.2, 0) is 11.3 Å². The summed E-state index contributed by atoms with van der Waals surface area (Å²) in [6.07, 6.45) is 3.90. The molecular formula is C17H27N5O2. The van der Waals surface area contributed by atoms with Crippen LogP contribution in [0.2, 0.25) is 0 Å². The number of aliphatic imine (C=N–C) groups is 1. The smallest absolute Gasteiger partial charge is 0.241 e. The van der Waals surface area contributed by atoms with E-state index in [2.05, 4.69) is 20.6 Å². The van der Waals surface area contributed by atoms with Gasteiger partial charge in [-0.05, 0) is 32.8 Å². The molecule has 0 aliphatic carbocycles. The maximum absolute atomic E-state index is 12.1. The number of rotatable bonds is 7. The molecule has 1 saturated heterocycles. The quantitative estimate of drug-likeness (QED) is 0.578. The third-order valence-electron chi connectivity index (χ3n) is 3.75. The van der Waals surface area contributed by atoms with Crippen molar-refractivity contribution < 1.29 is 9.53 Å². The van der Waals surface area contributed by atoms with Crippen molar-refractivity contribution >= 4 is 11.9 Å². The Hall–Kier alpha value is -2.31. The van der Waals surface area contributed by atoms with Crippen LogP contribution in [0.5, 0.6) is 5.88 Å². The zero-order valence-corrected chi connectivity index (χ0v) is 14.5. The van der Waals surface area contributed by atoms with E-state index >= 15 is 0 Å². The number of amides is 1.